The van der Waals surface area contributed by atoms with Crippen LogP contribution in [0.15, 0.2) is 0 Å². The van der Waals surface area contributed by atoms with Crippen molar-refractivity contribution in [3.05, 3.63) is 0 Å². The first kappa shape index (κ1) is 15.4. The first-order chi connectivity index (χ1) is 8.70. The Bertz CT molecular complexity index is 362. The summed E-state index contributed by atoms with van der Waals surface area (Å²) in [6, 6.07) is 0. The molecule has 0 radical (unpaired) electrons. The Kier molecular flexibility index (Phi) is 4.14. The Morgan fingerprint density at radius 1 is 1.37 bits per heavy atom. The standard InChI is InChI=1S/C14H28N2O2S/c1-12(2)10-18-14(5-7-16-8-6-14)11(12)9-13(3,4)19(15)17/h11,16H,5-10,15H2,1-4H3/t11-,19?/m0/s1. The minimum atomic E-state index is -1.30. The van der Waals surface area contributed by atoms with E-state index >= 15 is 0 Å². The van der Waals surface area contributed by atoms with Crippen LogP contribution in [0.3, 0.4) is 0 Å². The van der Waals surface area contributed by atoms with Crippen LogP contribution in [0.25, 0.3) is 0 Å². The summed E-state index contributed by atoms with van der Waals surface area (Å²) < 4.78 is 17.7. The third-order valence-corrected chi connectivity index (χ3v) is 6.26. The van der Waals surface area contributed by atoms with E-state index in [0.29, 0.717) is 5.92 Å². The maximum atomic E-state index is 11.8. The molecule has 1 unspecified atom stereocenters. The highest BCUT2D eigenvalue weighted by Gasteiger charge is 2.55. The molecule has 19 heavy (non-hydrogen) atoms. The topological polar surface area (TPSA) is 64.3 Å². The lowest BCUT2D eigenvalue weighted by molar-refractivity contribution is -0.0480. The van der Waals surface area contributed by atoms with E-state index in [-0.39, 0.29) is 15.8 Å². The summed E-state index contributed by atoms with van der Waals surface area (Å²) in [6.07, 6.45) is 2.96. The van der Waals surface area contributed by atoms with Crippen molar-refractivity contribution >= 4 is 11.0 Å². The van der Waals surface area contributed by atoms with Gasteiger partial charge in [0.25, 0.3) is 0 Å². The van der Waals surface area contributed by atoms with Gasteiger partial charge in [0.15, 0.2) is 0 Å². The van der Waals surface area contributed by atoms with Crippen LogP contribution < -0.4 is 10.5 Å². The molecule has 2 rings (SSSR count). The fourth-order valence-electron chi connectivity index (χ4n) is 3.62. The fourth-order valence-corrected chi connectivity index (χ4v) is 3.95. The number of nitrogens with one attached hydrogen (secondary N) is 1. The maximum Gasteiger partial charge on any atom is 0.0945 e. The lowest BCUT2D eigenvalue weighted by Crippen LogP contribution is -2.50. The summed E-state index contributed by atoms with van der Waals surface area (Å²) in [6.45, 7) is 11.4. The van der Waals surface area contributed by atoms with Gasteiger partial charge in [-0.3, -0.25) is 5.14 Å². The fraction of sp³-hybridized carbons (Fsp3) is 1.00. The molecule has 5 heteroatoms. The summed E-state index contributed by atoms with van der Waals surface area (Å²) >= 11 is 0. The lowest BCUT2D eigenvalue weighted by atomic mass is 9.66. The van der Waals surface area contributed by atoms with Gasteiger partial charge in [-0.15, -0.1) is 0 Å². The van der Waals surface area contributed by atoms with Gasteiger partial charge in [-0.2, -0.15) is 0 Å². The Hall–Kier alpha value is 0.0300. The van der Waals surface area contributed by atoms with Gasteiger partial charge in [-0.25, -0.2) is 4.21 Å². The second-order valence-corrected chi connectivity index (χ2v) is 9.11. The first-order valence-corrected chi connectivity index (χ1v) is 8.42. The molecule has 0 aromatic carbocycles. The number of ether oxygens (including phenoxy) is 1. The smallest absolute Gasteiger partial charge is 0.0945 e. The Labute approximate surface area is 119 Å². The Balaban J connectivity index is 2.24. The van der Waals surface area contributed by atoms with Crippen molar-refractivity contribution in [1.82, 2.24) is 5.32 Å². The number of hydrogen-bond acceptors (Lipinski definition) is 3. The highest BCUT2D eigenvalue weighted by atomic mass is 32.2. The van der Waals surface area contributed by atoms with E-state index in [9.17, 15) is 4.21 Å². The third kappa shape index (κ3) is 2.89. The molecule has 0 saturated carbocycles. The van der Waals surface area contributed by atoms with E-state index in [2.05, 4.69) is 19.2 Å². The highest BCUT2D eigenvalue weighted by Crippen LogP contribution is 2.52. The monoisotopic (exact) mass is 288 g/mol. The number of hydrogen-bond donors (Lipinski definition) is 2. The quantitative estimate of drug-likeness (QED) is 0.828. The molecular formula is C14H28N2O2S. The molecule has 2 heterocycles. The van der Waals surface area contributed by atoms with Crippen LogP contribution in [-0.2, 0) is 15.7 Å². The maximum absolute atomic E-state index is 11.8. The molecule has 0 bridgehead atoms. The van der Waals surface area contributed by atoms with Crippen molar-refractivity contribution in [3.63, 3.8) is 0 Å². The zero-order valence-corrected chi connectivity index (χ0v) is 13.4. The van der Waals surface area contributed by atoms with Crippen molar-refractivity contribution < 1.29 is 8.95 Å². The van der Waals surface area contributed by atoms with Crippen molar-refractivity contribution in [2.45, 2.75) is 57.3 Å². The van der Waals surface area contributed by atoms with E-state index in [4.69, 9.17) is 9.88 Å². The van der Waals surface area contributed by atoms with Crippen molar-refractivity contribution in [2.75, 3.05) is 19.7 Å². The Morgan fingerprint density at radius 3 is 2.47 bits per heavy atom. The molecule has 2 aliphatic rings. The predicted octanol–water partition coefficient (Wildman–Crippen LogP) is 1.57. The van der Waals surface area contributed by atoms with E-state index in [0.717, 1.165) is 39.0 Å². The number of nitrogens with two attached hydrogens (primary N) is 1. The Morgan fingerprint density at radius 2 is 1.95 bits per heavy atom. The number of rotatable bonds is 3. The van der Waals surface area contributed by atoms with Crippen LogP contribution in [-0.4, -0.2) is 34.3 Å². The minimum absolute atomic E-state index is 0.0363. The first-order valence-electron chi connectivity index (χ1n) is 7.21. The normalized spacial score (nSPS) is 31.5. The molecule has 2 saturated heterocycles. The predicted molar refractivity (Wildman–Crippen MR) is 79.1 cm³/mol. The average Bonchev–Trinajstić information content (AvgIpc) is 2.55. The van der Waals surface area contributed by atoms with Crippen LogP contribution in [0.4, 0.5) is 0 Å². The summed E-state index contributed by atoms with van der Waals surface area (Å²) in [7, 11) is -1.30. The molecule has 0 amide bonds. The molecular weight excluding hydrogens is 260 g/mol. The van der Waals surface area contributed by atoms with Gasteiger partial charge >= 0.3 is 0 Å². The van der Waals surface area contributed by atoms with Gasteiger partial charge in [0.05, 0.1) is 27.9 Å². The molecule has 0 aromatic rings. The van der Waals surface area contributed by atoms with Crippen LogP contribution in [0.5, 0.6) is 0 Å². The van der Waals surface area contributed by atoms with Gasteiger partial charge in [-0.05, 0) is 57.5 Å². The summed E-state index contributed by atoms with van der Waals surface area (Å²) in [5, 5.41) is 9.08. The second-order valence-electron chi connectivity index (χ2n) is 7.41. The minimum Gasteiger partial charge on any atom is -0.374 e. The zero-order valence-electron chi connectivity index (χ0n) is 12.6. The highest BCUT2D eigenvalue weighted by molar-refractivity contribution is 7.84. The largest absolute Gasteiger partial charge is 0.374 e. The van der Waals surface area contributed by atoms with Crippen molar-refractivity contribution in [1.29, 1.82) is 0 Å². The molecule has 1 spiro atoms. The third-order valence-electron chi connectivity index (χ3n) is 5.00. The van der Waals surface area contributed by atoms with Gasteiger partial charge in [-0.1, -0.05) is 13.8 Å². The zero-order chi connectivity index (χ0) is 14.3. The molecule has 2 aliphatic heterocycles. The molecule has 2 fully saturated rings. The second kappa shape index (κ2) is 5.10. The average molecular weight is 288 g/mol. The van der Waals surface area contributed by atoms with Crippen molar-refractivity contribution in [2.24, 2.45) is 16.5 Å². The summed E-state index contributed by atoms with van der Waals surface area (Å²) in [5.74, 6) is 0.421. The van der Waals surface area contributed by atoms with Gasteiger partial charge in [0, 0.05) is 0 Å². The van der Waals surface area contributed by atoms with E-state index in [1.54, 1.807) is 0 Å². The molecule has 3 N–H and O–H groups in total. The van der Waals surface area contributed by atoms with Crippen LogP contribution in [0, 0.1) is 11.3 Å². The van der Waals surface area contributed by atoms with Gasteiger partial charge in [0.2, 0.25) is 0 Å². The van der Waals surface area contributed by atoms with Crippen molar-refractivity contribution in [3.8, 4) is 0 Å². The molecule has 0 aromatic heterocycles. The van der Waals surface area contributed by atoms with E-state index < -0.39 is 11.0 Å². The summed E-state index contributed by atoms with van der Waals surface area (Å²) in [5.41, 5.74) is 0.0966. The molecule has 112 valence electrons. The molecule has 4 nitrogen and oxygen atoms in total. The molecule has 0 aliphatic carbocycles. The number of piperidine rings is 1. The van der Waals surface area contributed by atoms with Crippen LogP contribution in [0.1, 0.15) is 47.0 Å². The van der Waals surface area contributed by atoms with Gasteiger partial charge in [0.1, 0.15) is 0 Å². The lowest BCUT2D eigenvalue weighted by Gasteiger charge is -2.43. The SMILES string of the molecule is CC1(C)COC2(CCNCC2)[C@H]1CC(C)(C)S(N)=O. The van der Waals surface area contributed by atoms with Crippen LogP contribution >= 0.6 is 0 Å². The van der Waals surface area contributed by atoms with E-state index in [1.807, 2.05) is 13.8 Å². The van der Waals surface area contributed by atoms with E-state index in [1.165, 1.54) is 0 Å². The van der Waals surface area contributed by atoms with Gasteiger partial charge < -0.3 is 10.1 Å². The van der Waals surface area contributed by atoms with Crippen LogP contribution in [0.2, 0.25) is 0 Å². The summed E-state index contributed by atoms with van der Waals surface area (Å²) in [4.78, 5) is 0. The molecule has 2 atom stereocenters.